The molecule has 0 aromatic heterocycles. The van der Waals surface area contributed by atoms with Crippen molar-refractivity contribution in [3.05, 3.63) is 57.0 Å². The summed E-state index contributed by atoms with van der Waals surface area (Å²) in [4.78, 5) is 0. The van der Waals surface area contributed by atoms with Gasteiger partial charge in [-0.25, -0.2) is 0 Å². The van der Waals surface area contributed by atoms with Crippen LogP contribution in [0, 0.1) is 0 Å². The second-order valence-electron chi connectivity index (χ2n) is 4.52. The summed E-state index contributed by atoms with van der Waals surface area (Å²) < 4.78 is 11.6. The van der Waals surface area contributed by atoms with Crippen LogP contribution in [0.1, 0.15) is 11.1 Å². The molecule has 3 nitrogen and oxygen atoms in total. The van der Waals surface area contributed by atoms with Gasteiger partial charge in [-0.2, -0.15) is 0 Å². The molecule has 0 aliphatic heterocycles. The Morgan fingerprint density at radius 2 is 1.76 bits per heavy atom. The SMILES string of the molecule is COc1ccc(CNCc2cc(Cl)ccc2Br)c(OC)c1. The van der Waals surface area contributed by atoms with E-state index in [1.807, 2.05) is 36.4 Å². The van der Waals surface area contributed by atoms with Crippen molar-refractivity contribution in [2.45, 2.75) is 13.1 Å². The van der Waals surface area contributed by atoms with Gasteiger partial charge in [-0.05, 0) is 29.8 Å². The first-order valence-corrected chi connectivity index (χ1v) is 7.66. The summed E-state index contributed by atoms with van der Waals surface area (Å²) in [7, 11) is 3.30. The molecule has 0 heterocycles. The number of benzene rings is 2. The van der Waals surface area contributed by atoms with Gasteiger partial charge in [0.2, 0.25) is 0 Å². The van der Waals surface area contributed by atoms with Crippen molar-refractivity contribution in [1.29, 1.82) is 0 Å². The van der Waals surface area contributed by atoms with Crippen molar-refractivity contribution in [3.8, 4) is 11.5 Å². The van der Waals surface area contributed by atoms with Gasteiger partial charge in [0.15, 0.2) is 0 Å². The van der Waals surface area contributed by atoms with Gasteiger partial charge in [0.1, 0.15) is 11.5 Å². The minimum atomic E-state index is 0.701. The van der Waals surface area contributed by atoms with Gasteiger partial charge in [-0.3, -0.25) is 0 Å². The van der Waals surface area contributed by atoms with Crippen molar-refractivity contribution < 1.29 is 9.47 Å². The van der Waals surface area contributed by atoms with E-state index >= 15 is 0 Å². The molecule has 0 saturated carbocycles. The fourth-order valence-electron chi connectivity index (χ4n) is 2.01. The summed E-state index contributed by atoms with van der Waals surface area (Å²) in [5.41, 5.74) is 2.20. The first-order chi connectivity index (χ1) is 10.1. The Balaban J connectivity index is 2.01. The molecule has 112 valence electrons. The average Bonchev–Trinajstić information content (AvgIpc) is 2.50. The van der Waals surface area contributed by atoms with Gasteiger partial charge in [0.05, 0.1) is 14.2 Å². The first-order valence-electron chi connectivity index (χ1n) is 6.49. The largest absolute Gasteiger partial charge is 0.497 e. The summed E-state index contributed by atoms with van der Waals surface area (Å²) in [6.45, 7) is 1.42. The number of hydrogen-bond donors (Lipinski definition) is 1. The number of nitrogens with one attached hydrogen (secondary N) is 1. The van der Waals surface area contributed by atoms with Crippen molar-refractivity contribution in [2.75, 3.05) is 14.2 Å². The molecule has 0 amide bonds. The molecule has 2 aromatic carbocycles. The van der Waals surface area contributed by atoms with Gasteiger partial charge in [-0.15, -0.1) is 0 Å². The quantitative estimate of drug-likeness (QED) is 0.817. The van der Waals surface area contributed by atoms with Crippen LogP contribution in [0.25, 0.3) is 0 Å². The van der Waals surface area contributed by atoms with Crippen LogP contribution in [0.5, 0.6) is 11.5 Å². The molecular weight excluding hydrogens is 354 g/mol. The molecule has 0 bridgehead atoms. The van der Waals surface area contributed by atoms with Crippen LogP contribution in [-0.4, -0.2) is 14.2 Å². The van der Waals surface area contributed by atoms with Crippen molar-refractivity contribution in [3.63, 3.8) is 0 Å². The van der Waals surface area contributed by atoms with Crippen LogP contribution in [0.3, 0.4) is 0 Å². The molecule has 5 heteroatoms. The third kappa shape index (κ3) is 4.37. The van der Waals surface area contributed by atoms with E-state index in [1.165, 1.54) is 0 Å². The molecule has 0 aliphatic rings. The Labute approximate surface area is 138 Å². The molecule has 0 spiro atoms. The van der Waals surface area contributed by atoms with Crippen LogP contribution < -0.4 is 14.8 Å². The lowest BCUT2D eigenvalue weighted by Gasteiger charge is -2.12. The Bertz CT molecular complexity index is 619. The minimum absolute atomic E-state index is 0.701. The van der Waals surface area contributed by atoms with E-state index in [2.05, 4.69) is 21.2 Å². The number of halogens is 2. The monoisotopic (exact) mass is 369 g/mol. The second-order valence-corrected chi connectivity index (χ2v) is 5.81. The van der Waals surface area contributed by atoms with Gasteiger partial charge >= 0.3 is 0 Å². The first kappa shape index (κ1) is 16.1. The Morgan fingerprint density at radius 1 is 1.00 bits per heavy atom. The molecule has 2 rings (SSSR count). The molecule has 0 unspecified atom stereocenters. The van der Waals surface area contributed by atoms with E-state index in [1.54, 1.807) is 14.2 Å². The smallest absolute Gasteiger partial charge is 0.127 e. The van der Waals surface area contributed by atoms with Gasteiger partial charge < -0.3 is 14.8 Å². The predicted octanol–water partition coefficient (Wildman–Crippen LogP) is 4.41. The molecule has 0 fully saturated rings. The fraction of sp³-hybridized carbons (Fsp3) is 0.250. The number of methoxy groups -OCH3 is 2. The van der Waals surface area contributed by atoms with Crippen molar-refractivity contribution >= 4 is 27.5 Å². The maximum Gasteiger partial charge on any atom is 0.127 e. The van der Waals surface area contributed by atoms with Gasteiger partial charge in [0, 0.05) is 34.2 Å². The van der Waals surface area contributed by atoms with E-state index in [-0.39, 0.29) is 0 Å². The van der Waals surface area contributed by atoms with Crippen molar-refractivity contribution in [2.24, 2.45) is 0 Å². The van der Waals surface area contributed by atoms with E-state index in [4.69, 9.17) is 21.1 Å². The number of ether oxygens (including phenoxy) is 2. The zero-order chi connectivity index (χ0) is 15.2. The Kier molecular flexibility index (Phi) is 5.91. The molecule has 0 aliphatic carbocycles. The zero-order valence-electron chi connectivity index (χ0n) is 12.0. The molecule has 21 heavy (non-hydrogen) atoms. The molecule has 0 atom stereocenters. The maximum absolute atomic E-state index is 6.01. The lowest BCUT2D eigenvalue weighted by molar-refractivity contribution is 0.390. The lowest BCUT2D eigenvalue weighted by Crippen LogP contribution is -2.13. The topological polar surface area (TPSA) is 30.5 Å². The van der Waals surface area contributed by atoms with E-state index < -0.39 is 0 Å². The Morgan fingerprint density at radius 3 is 2.48 bits per heavy atom. The van der Waals surface area contributed by atoms with E-state index in [9.17, 15) is 0 Å². The highest BCUT2D eigenvalue weighted by atomic mass is 79.9. The van der Waals surface area contributed by atoms with Crippen LogP contribution >= 0.6 is 27.5 Å². The number of rotatable bonds is 6. The van der Waals surface area contributed by atoms with Crippen LogP contribution in [-0.2, 0) is 13.1 Å². The average molecular weight is 371 g/mol. The minimum Gasteiger partial charge on any atom is -0.497 e. The van der Waals surface area contributed by atoms with E-state index in [0.29, 0.717) is 6.54 Å². The second kappa shape index (κ2) is 7.69. The summed E-state index contributed by atoms with van der Waals surface area (Å²) in [5, 5.41) is 4.12. The normalized spacial score (nSPS) is 10.5. The molecule has 0 saturated heterocycles. The Hall–Kier alpha value is -1.23. The molecular formula is C16H17BrClNO2. The van der Waals surface area contributed by atoms with Crippen molar-refractivity contribution in [1.82, 2.24) is 5.32 Å². The highest BCUT2D eigenvalue weighted by Crippen LogP contribution is 2.25. The third-order valence-corrected chi connectivity index (χ3v) is 4.14. The highest BCUT2D eigenvalue weighted by Gasteiger charge is 2.06. The zero-order valence-corrected chi connectivity index (χ0v) is 14.3. The molecule has 0 radical (unpaired) electrons. The predicted molar refractivity (Wildman–Crippen MR) is 89.2 cm³/mol. The fourth-order valence-corrected chi connectivity index (χ4v) is 2.59. The number of hydrogen-bond acceptors (Lipinski definition) is 3. The highest BCUT2D eigenvalue weighted by molar-refractivity contribution is 9.10. The van der Waals surface area contributed by atoms with Gasteiger partial charge in [-0.1, -0.05) is 33.6 Å². The third-order valence-electron chi connectivity index (χ3n) is 3.13. The maximum atomic E-state index is 6.01. The summed E-state index contributed by atoms with van der Waals surface area (Å²) in [6.07, 6.45) is 0. The van der Waals surface area contributed by atoms with Crippen LogP contribution in [0.4, 0.5) is 0 Å². The van der Waals surface area contributed by atoms with Crippen LogP contribution in [0.2, 0.25) is 5.02 Å². The van der Waals surface area contributed by atoms with Crippen LogP contribution in [0.15, 0.2) is 40.9 Å². The summed E-state index contributed by atoms with van der Waals surface area (Å²) in [5.74, 6) is 1.60. The van der Waals surface area contributed by atoms with Gasteiger partial charge in [0.25, 0.3) is 0 Å². The lowest BCUT2D eigenvalue weighted by atomic mass is 10.1. The van der Waals surface area contributed by atoms with E-state index in [0.717, 1.165) is 38.7 Å². The standard InChI is InChI=1S/C16H17BrClNO2/c1-20-14-5-3-11(16(8-14)21-2)9-19-10-12-7-13(18)4-6-15(12)17/h3-8,19H,9-10H2,1-2H3. The molecule has 1 N–H and O–H groups in total. The summed E-state index contributed by atoms with van der Waals surface area (Å²) in [6, 6.07) is 11.6. The molecule has 2 aromatic rings. The summed E-state index contributed by atoms with van der Waals surface area (Å²) >= 11 is 9.54.